The van der Waals surface area contributed by atoms with E-state index in [1.807, 2.05) is 41.3 Å². The van der Waals surface area contributed by atoms with Crippen molar-refractivity contribution in [2.75, 3.05) is 6.54 Å². The third-order valence-corrected chi connectivity index (χ3v) is 7.18. The van der Waals surface area contributed by atoms with Crippen LogP contribution in [-0.4, -0.2) is 43.5 Å². The van der Waals surface area contributed by atoms with Crippen LogP contribution in [0.2, 0.25) is 0 Å². The molecule has 1 fully saturated rings. The van der Waals surface area contributed by atoms with E-state index in [-0.39, 0.29) is 31.8 Å². The quantitative estimate of drug-likeness (QED) is 0.241. The second kappa shape index (κ2) is 13.0. The van der Waals surface area contributed by atoms with Crippen molar-refractivity contribution in [2.45, 2.75) is 52.0 Å². The van der Waals surface area contributed by atoms with Crippen molar-refractivity contribution < 1.29 is 19.4 Å². The third kappa shape index (κ3) is 7.04. The van der Waals surface area contributed by atoms with E-state index >= 15 is 0 Å². The zero-order valence-corrected chi connectivity index (χ0v) is 22.9. The van der Waals surface area contributed by atoms with Crippen LogP contribution in [0.4, 0.5) is 5.69 Å². The Hall–Kier alpha value is -4.81. The number of carbonyl (C=O) groups is 1. The number of aromatic nitrogens is 3. The van der Waals surface area contributed by atoms with Gasteiger partial charge < -0.3 is 14.6 Å². The van der Waals surface area contributed by atoms with E-state index in [4.69, 9.17) is 16.0 Å². The molecule has 0 saturated carbocycles. The molecule has 1 aromatic heterocycles. The standard InChI is InChI=1S/C32H31N5O4/c1-22-25(13-9-15-27(22)24-11-4-3-5-12-24)21-41-32-35-29(19-37-17-7-6-16-28(37)30(38)39)34-31(36-32)40-20-23-10-8-14-26(18-23)33-2/h3-5,8-15,18,28H,6-7,16-17,19-21H2,1H3,(H,38,39). The summed E-state index contributed by atoms with van der Waals surface area (Å²) in [6.07, 6.45) is 2.37. The second-order valence-electron chi connectivity index (χ2n) is 9.95. The lowest BCUT2D eigenvalue weighted by Gasteiger charge is -2.32. The number of piperidine rings is 1. The van der Waals surface area contributed by atoms with Crippen LogP contribution in [0, 0.1) is 13.5 Å². The van der Waals surface area contributed by atoms with Crippen molar-refractivity contribution in [2.24, 2.45) is 0 Å². The van der Waals surface area contributed by atoms with Gasteiger partial charge in [-0.15, -0.1) is 4.98 Å². The summed E-state index contributed by atoms with van der Waals surface area (Å²) < 4.78 is 12.0. The normalized spacial score (nSPS) is 15.2. The van der Waals surface area contributed by atoms with Gasteiger partial charge in [0.2, 0.25) is 0 Å². The fraction of sp³-hybridized carbons (Fsp3) is 0.281. The van der Waals surface area contributed by atoms with Gasteiger partial charge in [-0.1, -0.05) is 73.2 Å². The van der Waals surface area contributed by atoms with Crippen molar-refractivity contribution in [3.05, 3.63) is 107 Å². The van der Waals surface area contributed by atoms with Crippen LogP contribution >= 0.6 is 0 Å². The molecule has 1 aliphatic rings. The highest BCUT2D eigenvalue weighted by Crippen LogP contribution is 2.27. The maximum Gasteiger partial charge on any atom is 0.323 e. The molecule has 3 aromatic carbocycles. The molecule has 4 aromatic rings. The average molecular weight is 550 g/mol. The van der Waals surface area contributed by atoms with Crippen molar-refractivity contribution in [1.82, 2.24) is 19.9 Å². The van der Waals surface area contributed by atoms with Crippen LogP contribution in [0.5, 0.6) is 12.0 Å². The molecule has 1 unspecified atom stereocenters. The number of benzene rings is 3. The minimum Gasteiger partial charge on any atom is -0.480 e. The molecule has 1 saturated heterocycles. The molecule has 2 heterocycles. The molecule has 0 spiro atoms. The van der Waals surface area contributed by atoms with Gasteiger partial charge in [-0.3, -0.25) is 9.69 Å². The van der Waals surface area contributed by atoms with E-state index < -0.39 is 12.0 Å². The van der Waals surface area contributed by atoms with E-state index in [0.717, 1.165) is 40.7 Å². The van der Waals surface area contributed by atoms with E-state index in [1.165, 1.54) is 0 Å². The lowest BCUT2D eigenvalue weighted by molar-refractivity contribution is -0.144. The van der Waals surface area contributed by atoms with Crippen LogP contribution in [-0.2, 0) is 24.6 Å². The summed E-state index contributed by atoms with van der Waals surface area (Å²) in [4.78, 5) is 30.6. The number of hydrogen-bond donors (Lipinski definition) is 1. The minimum absolute atomic E-state index is 0.0804. The highest BCUT2D eigenvalue weighted by Gasteiger charge is 2.29. The molecule has 208 valence electrons. The van der Waals surface area contributed by atoms with E-state index in [9.17, 15) is 9.90 Å². The number of carboxylic acids is 1. The van der Waals surface area contributed by atoms with Gasteiger partial charge in [0, 0.05) is 0 Å². The van der Waals surface area contributed by atoms with Crippen LogP contribution in [0.3, 0.4) is 0 Å². The Morgan fingerprint density at radius 2 is 1.73 bits per heavy atom. The van der Waals surface area contributed by atoms with Crippen molar-refractivity contribution in [1.29, 1.82) is 0 Å². The molecule has 0 radical (unpaired) electrons. The Bertz CT molecular complexity index is 1550. The highest BCUT2D eigenvalue weighted by molar-refractivity contribution is 5.73. The first kappa shape index (κ1) is 27.7. The number of ether oxygens (including phenoxy) is 2. The molecule has 1 atom stereocenters. The van der Waals surface area contributed by atoms with Crippen LogP contribution < -0.4 is 9.47 Å². The van der Waals surface area contributed by atoms with E-state index in [1.54, 1.807) is 18.2 Å². The number of rotatable bonds is 10. The number of hydrogen-bond acceptors (Lipinski definition) is 7. The number of carboxylic acid groups (broad SMARTS) is 1. The summed E-state index contributed by atoms with van der Waals surface area (Å²) in [6, 6.07) is 23.0. The van der Waals surface area contributed by atoms with Crippen molar-refractivity contribution in [3.8, 4) is 23.1 Å². The second-order valence-corrected chi connectivity index (χ2v) is 9.95. The first-order chi connectivity index (χ1) is 20.0. The lowest BCUT2D eigenvalue weighted by Crippen LogP contribution is -2.44. The third-order valence-electron chi connectivity index (χ3n) is 7.18. The molecule has 0 bridgehead atoms. The largest absolute Gasteiger partial charge is 0.480 e. The Morgan fingerprint density at radius 1 is 0.976 bits per heavy atom. The first-order valence-electron chi connectivity index (χ1n) is 13.6. The number of likely N-dealkylation sites (tertiary alicyclic amines) is 1. The number of aliphatic carboxylic acids is 1. The molecular formula is C32H31N5O4. The molecule has 9 heteroatoms. The van der Waals surface area contributed by atoms with Gasteiger partial charge in [-0.05, 0) is 60.2 Å². The van der Waals surface area contributed by atoms with E-state index in [0.29, 0.717) is 24.5 Å². The zero-order chi connectivity index (χ0) is 28.6. The maximum atomic E-state index is 11.9. The highest BCUT2D eigenvalue weighted by atomic mass is 16.5. The van der Waals surface area contributed by atoms with Crippen molar-refractivity contribution in [3.63, 3.8) is 0 Å². The molecule has 1 aliphatic heterocycles. The molecule has 0 amide bonds. The van der Waals surface area contributed by atoms with Gasteiger partial charge in [-0.25, -0.2) is 4.85 Å². The SMILES string of the molecule is [C-]#[N+]c1cccc(COc2nc(CN3CCCCC3C(=O)O)nc(OCc3cccc(-c4ccccc4)c3C)n2)c1. The number of nitrogens with zero attached hydrogens (tertiary/aromatic N) is 5. The summed E-state index contributed by atoms with van der Waals surface area (Å²) in [5, 5.41) is 9.72. The predicted molar refractivity (Wildman–Crippen MR) is 153 cm³/mol. The monoisotopic (exact) mass is 549 g/mol. The molecular weight excluding hydrogens is 518 g/mol. The summed E-state index contributed by atoms with van der Waals surface area (Å²) in [7, 11) is 0. The Morgan fingerprint density at radius 3 is 2.49 bits per heavy atom. The summed E-state index contributed by atoms with van der Waals surface area (Å²) in [5.74, 6) is -0.469. The topological polar surface area (TPSA) is 102 Å². The van der Waals surface area contributed by atoms with Gasteiger partial charge >= 0.3 is 18.0 Å². The molecule has 0 aliphatic carbocycles. The summed E-state index contributed by atoms with van der Waals surface area (Å²) in [6.45, 7) is 10.6. The Labute approximate surface area is 239 Å². The van der Waals surface area contributed by atoms with Crippen LogP contribution in [0.25, 0.3) is 16.0 Å². The van der Waals surface area contributed by atoms with Crippen LogP contribution in [0.15, 0.2) is 72.8 Å². The fourth-order valence-corrected chi connectivity index (χ4v) is 5.00. The maximum absolute atomic E-state index is 11.9. The van der Waals surface area contributed by atoms with Gasteiger partial charge in [-0.2, -0.15) is 9.97 Å². The minimum atomic E-state index is -0.847. The average Bonchev–Trinajstić information content (AvgIpc) is 3.00. The smallest absolute Gasteiger partial charge is 0.323 e. The molecule has 5 rings (SSSR count). The summed E-state index contributed by atoms with van der Waals surface area (Å²) in [5.41, 5.74) is 5.67. The Kier molecular flexibility index (Phi) is 8.82. The van der Waals surface area contributed by atoms with E-state index in [2.05, 4.69) is 44.9 Å². The first-order valence-corrected chi connectivity index (χ1v) is 13.6. The van der Waals surface area contributed by atoms with Gasteiger partial charge in [0.25, 0.3) is 0 Å². The summed E-state index contributed by atoms with van der Waals surface area (Å²) >= 11 is 0. The zero-order valence-electron chi connectivity index (χ0n) is 22.9. The molecule has 9 nitrogen and oxygen atoms in total. The predicted octanol–water partition coefficient (Wildman–Crippen LogP) is 5.99. The molecule has 41 heavy (non-hydrogen) atoms. The van der Waals surface area contributed by atoms with Crippen LogP contribution in [0.1, 0.15) is 41.8 Å². The van der Waals surface area contributed by atoms with Gasteiger partial charge in [0.15, 0.2) is 11.5 Å². The Balaban J connectivity index is 1.38. The van der Waals surface area contributed by atoms with Crippen molar-refractivity contribution >= 4 is 11.7 Å². The lowest BCUT2D eigenvalue weighted by atomic mass is 9.97. The fourth-order valence-electron chi connectivity index (χ4n) is 5.00. The molecule has 1 N–H and O–H groups in total. The van der Waals surface area contributed by atoms with Gasteiger partial charge in [0.05, 0.1) is 13.1 Å². The van der Waals surface area contributed by atoms with Gasteiger partial charge in [0.1, 0.15) is 19.3 Å².